The van der Waals surface area contributed by atoms with Gasteiger partial charge in [0.2, 0.25) is 5.95 Å². The standard InChI is InChI=1S/C21H20F2N4O/c22-17-9-8-15(11-18(17)23)25-21-26-19(14-5-2-1-3-6-14)12-20(27-21)24-13-16-7-4-10-28-16/h1-3,5-6,8-9,11-12,16H,4,7,10,13H2,(H2,24,25,26,27). The molecule has 3 aromatic rings. The summed E-state index contributed by atoms with van der Waals surface area (Å²) in [5.74, 6) is -0.902. The highest BCUT2D eigenvalue weighted by atomic mass is 19.2. The fourth-order valence-electron chi connectivity index (χ4n) is 3.08. The number of nitrogens with one attached hydrogen (secondary N) is 2. The molecule has 1 aliphatic rings. The van der Waals surface area contributed by atoms with Gasteiger partial charge in [-0.3, -0.25) is 0 Å². The first-order valence-corrected chi connectivity index (χ1v) is 9.19. The highest BCUT2D eigenvalue weighted by Gasteiger charge is 2.16. The second-order valence-corrected chi connectivity index (χ2v) is 6.60. The van der Waals surface area contributed by atoms with E-state index >= 15 is 0 Å². The summed E-state index contributed by atoms with van der Waals surface area (Å²) < 4.78 is 32.3. The summed E-state index contributed by atoms with van der Waals surface area (Å²) in [6.07, 6.45) is 2.25. The van der Waals surface area contributed by atoms with Gasteiger partial charge in [0.15, 0.2) is 11.6 Å². The van der Waals surface area contributed by atoms with Crippen molar-refractivity contribution >= 4 is 17.5 Å². The zero-order chi connectivity index (χ0) is 19.3. The molecule has 0 spiro atoms. The van der Waals surface area contributed by atoms with Gasteiger partial charge in [0, 0.05) is 36.5 Å². The molecule has 1 aromatic heterocycles. The smallest absolute Gasteiger partial charge is 0.229 e. The van der Waals surface area contributed by atoms with Crippen LogP contribution in [0.3, 0.4) is 0 Å². The maximum absolute atomic E-state index is 13.5. The third-order valence-electron chi connectivity index (χ3n) is 4.51. The van der Waals surface area contributed by atoms with Gasteiger partial charge in [-0.1, -0.05) is 30.3 Å². The average Bonchev–Trinajstić information content (AvgIpc) is 3.23. The Bertz CT molecular complexity index is 946. The van der Waals surface area contributed by atoms with Gasteiger partial charge >= 0.3 is 0 Å². The Morgan fingerprint density at radius 1 is 1.00 bits per heavy atom. The number of halogens is 2. The zero-order valence-electron chi connectivity index (χ0n) is 15.2. The van der Waals surface area contributed by atoms with E-state index in [1.165, 1.54) is 6.07 Å². The van der Waals surface area contributed by atoms with E-state index in [4.69, 9.17) is 4.74 Å². The first-order valence-electron chi connectivity index (χ1n) is 9.19. The SMILES string of the molecule is Fc1ccc(Nc2nc(NCC3CCCO3)cc(-c3ccccc3)n2)cc1F. The molecule has 0 saturated carbocycles. The van der Waals surface area contributed by atoms with E-state index < -0.39 is 11.6 Å². The lowest BCUT2D eigenvalue weighted by Gasteiger charge is -2.14. The molecule has 0 amide bonds. The van der Waals surface area contributed by atoms with Crippen LogP contribution in [0.15, 0.2) is 54.6 Å². The largest absolute Gasteiger partial charge is 0.376 e. The minimum absolute atomic E-state index is 0.165. The molecule has 28 heavy (non-hydrogen) atoms. The lowest BCUT2D eigenvalue weighted by atomic mass is 10.1. The molecular weight excluding hydrogens is 362 g/mol. The van der Waals surface area contributed by atoms with Crippen molar-refractivity contribution in [1.82, 2.24) is 9.97 Å². The number of aromatic nitrogens is 2. The number of hydrogen-bond acceptors (Lipinski definition) is 5. The monoisotopic (exact) mass is 382 g/mol. The Balaban J connectivity index is 1.61. The predicted octanol–water partition coefficient (Wildman–Crippen LogP) is 4.76. The van der Waals surface area contributed by atoms with Crippen molar-refractivity contribution in [3.8, 4) is 11.3 Å². The second kappa shape index (κ2) is 8.31. The molecule has 1 atom stereocenters. The van der Waals surface area contributed by atoms with Gasteiger partial charge in [0.1, 0.15) is 5.82 Å². The van der Waals surface area contributed by atoms with Crippen molar-refractivity contribution in [2.75, 3.05) is 23.8 Å². The van der Waals surface area contributed by atoms with Crippen molar-refractivity contribution < 1.29 is 13.5 Å². The molecule has 2 N–H and O–H groups in total. The third kappa shape index (κ3) is 4.43. The van der Waals surface area contributed by atoms with Crippen LogP contribution in [0.4, 0.5) is 26.2 Å². The fraction of sp³-hybridized carbons (Fsp3) is 0.238. The van der Waals surface area contributed by atoms with Gasteiger partial charge in [-0.2, -0.15) is 4.98 Å². The van der Waals surface area contributed by atoms with Crippen LogP contribution in [-0.4, -0.2) is 29.2 Å². The molecule has 1 saturated heterocycles. The molecule has 0 bridgehead atoms. The first kappa shape index (κ1) is 18.3. The molecule has 0 aliphatic carbocycles. The van der Waals surface area contributed by atoms with E-state index in [9.17, 15) is 8.78 Å². The number of ether oxygens (including phenoxy) is 1. The summed E-state index contributed by atoms with van der Waals surface area (Å²) in [7, 11) is 0. The highest BCUT2D eigenvalue weighted by Crippen LogP contribution is 2.24. The van der Waals surface area contributed by atoms with Crippen LogP contribution in [0, 0.1) is 11.6 Å². The van der Waals surface area contributed by atoms with Gasteiger partial charge in [0.05, 0.1) is 11.8 Å². The van der Waals surface area contributed by atoms with E-state index in [1.54, 1.807) is 0 Å². The van der Waals surface area contributed by atoms with Gasteiger partial charge in [-0.25, -0.2) is 13.8 Å². The molecular formula is C21H20F2N4O. The molecule has 2 aromatic carbocycles. The fourth-order valence-corrected chi connectivity index (χ4v) is 3.08. The number of benzene rings is 2. The number of hydrogen-bond donors (Lipinski definition) is 2. The van der Waals surface area contributed by atoms with Crippen LogP contribution in [-0.2, 0) is 4.74 Å². The van der Waals surface area contributed by atoms with E-state index in [0.29, 0.717) is 24.0 Å². The Kier molecular flexibility index (Phi) is 5.43. The van der Waals surface area contributed by atoms with E-state index in [-0.39, 0.29) is 6.10 Å². The van der Waals surface area contributed by atoms with Crippen molar-refractivity contribution in [1.29, 1.82) is 0 Å². The minimum Gasteiger partial charge on any atom is -0.376 e. The average molecular weight is 382 g/mol. The minimum atomic E-state index is -0.930. The Hall–Kier alpha value is -3.06. The van der Waals surface area contributed by atoms with Crippen molar-refractivity contribution in [2.24, 2.45) is 0 Å². The van der Waals surface area contributed by atoms with Crippen LogP contribution >= 0.6 is 0 Å². The van der Waals surface area contributed by atoms with Crippen LogP contribution in [0.5, 0.6) is 0 Å². The number of anilines is 3. The normalized spacial score (nSPS) is 16.1. The maximum Gasteiger partial charge on any atom is 0.229 e. The van der Waals surface area contributed by atoms with Crippen LogP contribution in [0.2, 0.25) is 0 Å². The van der Waals surface area contributed by atoms with Crippen LogP contribution < -0.4 is 10.6 Å². The molecule has 1 fully saturated rings. The van der Waals surface area contributed by atoms with Gasteiger partial charge < -0.3 is 15.4 Å². The van der Waals surface area contributed by atoms with E-state index in [2.05, 4.69) is 20.6 Å². The number of nitrogens with zero attached hydrogens (tertiary/aromatic N) is 2. The molecule has 1 aliphatic heterocycles. The lowest BCUT2D eigenvalue weighted by Crippen LogP contribution is -2.19. The summed E-state index contributed by atoms with van der Waals surface area (Å²) in [4.78, 5) is 8.98. The molecule has 4 rings (SSSR count). The van der Waals surface area contributed by atoms with Gasteiger partial charge in [-0.05, 0) is 25.0 Å². The van der Waals surface area contributed by atoms with Gasteiger partial charge in [-0.15, -0.1) is 0 Å². The maximum atomic E-state index is 13.5. The molecule has 144 valence electrons. The summed E-state index contributed by atoms with van der Waals surface area (Å²) in [5.41, 5.74) is 2.02. The van der Waals surface area contributed by atoms with Crippen LogP contribution in [0.1, 0.15) is 12.8 Å². The summed E-state index contributed by atoms with van der Waals surface area (Å²) in [5, 5.41) is 6.24. The molecule has 0 radical (unpaired) electrons. The van der Waals surface area contributed by atoms with Crippen molar-refractivity contribution in [3.63, 3.8) is 0 Å². The van der Waals surface area contributed by atoms with Crippen LogP contribution in [0.25, 0.3) is 11.3 Å². The Labute approximate surface area is 161 Å². The molecule has 5 nitrogen and oxygen atoms in total. The molecule has 1 unspecified atom stereocenters. The van der Waals surface area contributed by atoms with Crippen molar-refractivity contribution in [3.05, 3.63) is 66.2 Å². The predicted molar refractivity (Wildman–Crippen MR) is 105 cm³/mol. The van der Waals surface area contributed by atoms with E-state index in [0.717, 1.165) is 42.8 Å². The summed E-state index contributed by atoms with van der Waals surface area (Å²) in [6.45, 7) is 1.43. The Morgan fingerprint density at radius 3 is 2.61 bits per heavy atom. The highest BCUT2D eigenvalue weighted by molar-refractivity contribution is 5.66. The summed E-state index contributed by atoms with van der Waals surface area (Å²) >= 11 is 0. The molecule has 7 heteroatoms. The summed E-state index contributed by atoms with van der Waals surface area (Å²) in [6, 6.07) is 15.1. The quantitative estimate of drug-likeness (QED) is 0.644. The van der Waals surface area contributed by atoms with Crippen molar-refractivity contribution in [2.45, 2.75) is 18.9 Å². The lowest BCUT2D eigenvalue weighted by molar-refractivity contribution is 0.120. The van der Waals surface area contributed by atoms with E-state index in [1.807, 2.05) is 36.4 Å². The first-order chi connectivity index (χ1) is 13.7. The topological polar surface area (TPSA) is 59.1 Å². The second-order valence-electron chi connectivity index (χ2n) is 6.60. The number of rotatable bonds is 6. The van der Waals surface area contributed by atoms with Gasteiger partial charge in [0.25, 0.3) is 0 Å². The molecule has 2 heterocycles. The zero-order valence-corrected chi connectivity index (χ0v) is 15.2. The Morgan fingerprint density at radius 2 is 1.86 bits per heavy atom. The third-order valence-corrected chi connectivity index (χ3v) is 4.51.